The van der Waals surface area contributed by atoms with Gasteiger partial charge >= 0.3 is 0 Å². The van der Waals surface area contributed by atoms with Crippen LogP contribution in [0.25, 0.3) is 22.4 Å². The Kier molecular flexibility index (Phi) is 3.78. The largest absolute Gasteiger partial charge is 0.348 e. The fourth-order valence-electron chi connectivity index (χ4n) is 3.87. The van der Waals surface area contributed by atoms with Crippen LogP contribution < -0.4 is 0 Å². The van der Waals surface area contributed by atoms with Gasteiger partial charge in [-0.2, -0.15) is 10.1 Å². The summed E-state index contributed by atoms with van der Waals surface area (Å²) in [7, 11) is 3.80. The molecule has 1 unspecified atom stereocenters. The number of aromatic nitrogens is 5. The number of nitrogens with zero attached hydrogens (tertiary/aromatic N) is 6. The maximum atomic E-state index is 13.1. The normalized spacial score (nSPS) is 16.9. The molecule has 1 atom stereocenters. The molecule has 1 fully saturated rings. The Bertz CT molecular complexity index is 1170. The number of amides is 1. The third-order valence-corrected chi connectivity index (χ3v) is 5.40. The van der Waals surface area contributed by atoms with Crippen LogP contribution in [0.2, 0.25) is 0 Å². The average molecular weight is 376 g/mol. The van der Waals surface area contributed by atoms with Gasteiger partial charge in [0.25, 0.3) is 5.91 Å². The van der Waals surface area contributed by atoms with Crippen LogP contribution in [0.5, 0.6) is 0 Å². The highest BCUT2D eigenvalue weighted by Crippen LogP contribution is 2.29. The number of carbonyl (C=O) groups is 1. The average Bonchev–Trinajstić information content (AvgIpc) is 3.47. The molecule has 0 radical (unpaired) electrons. The summed E-state index contributed by atoms with van der Waals surface area (Å²) in [5.41, 5.74) is 2.35. The number of para-hydroxylation sites is 1. The number of rotatable bonds is 3. The summed E-state index contributed by atoms with van der Waals surface area (Å²) < 4.78 is 9.20. The van der Waals surface area contributed by atoms with Crippen molar-refractivity contribution in [2.45, 2.75) is 12.3 Å². The van der Waals surface area contributed by atoms with Crippen LogP contribution in [-0.4, -0.2) is 48.4 Å². The van der Waals surface area contributed by atoms with Gasteiger partial charge in [0.2, 0.25) is 11.7 Å². The van der Waals surface area contributed by atoms with Crippen molar-refractivity contribution in [3.8, 4) is 11.5 Å². The van der Waals surface area contributed by atoms with Crippen LogP contribution in [0.4, 0.5) is 0 Å². The first kappa shape index (κ1) is 16.7. The van der Waals surface area contributed by atoms with Crippen molar-refractivity contribution in [1.29, 1.82) is 0 Å². The minimum absolute atomic E-state index is 0.0421. The van der Waals surface area contributed by atoms with Crippen LogP contribution >= 0.6 is 0 Å². The molecule has 1 saturated heterocycles. The molecule has 4 heterocycles. The molecule has 8 heteroatoms. The van der Waals surface area contributed by atoms with Crippen molar-refractivity contribution < 1.29 is 9.32 Å². The molecular formula is C20H20N6O2. The Morgan fingerprint density at radius 1 is 1.18 bits per heavy atom. The maximum Gasteiger partial charge on any atom is 0.275 e. The van der Waals surface area contributed by atoms with Gasteiger partial charge in [-0.1, -0.05) is 23.4 Å². The van der Waals surface area contributed by atoms with Gasteiger partial charge in [0.1, 0.15) is 0 Å². The van der Waals surface area contributed by atoms with Gasteiger partial charge in [-0.3, -0.25) is 9.48 Å². The third kappa shape index (κ3) is 2.60. The predicted molar refractivity (Wildman–Crippen MR) is 103 cm³/mol. The molecule has 5 rings (SSSR count). The van der Waals surface area contributed by atoms with Crippen molar-refractivity contribution in [1.82, 2.24) is 29.4 Å². The molecule has 142 valence electrons. The fraction of sp³-hybridized carbons (Fsp3) is 0.300. The monoisotopic (exact) mass is 376 g/mol. The second-order valence-corrected chi connectivity index (χ2v) is 7.19. The lowest BCUT2D eigenvalue weighted by Crippen LogP contribution is -2.29. The molecule has 0 bridgehead atoms. The van der Waals surface area contributed by atoms with E-state index in [0.717, 1.165) is 23.0 Å². The Hall–Kier alpha value is -3.42. The zero-order valence-corrected chi connectivity index (χ0v) is 15.7. The second kappa shape index (κ2) is 6.33. The highest BCUT2D eigenvalue weighted by atomic mass is 16.5. The molecule has 0 N–H and O–H groups in total. The third-order valence-electron chi connectivity index (χ3n) is 5.40. The molecule has 1 aromatic carbocycles. The zero-order valence-electron chi connectivity index (χ0n) is 15.7. The minimum Gasteiger partial charge on any atom is -0.348 e. The Labute approximate surface area is 161 Å². The number of likely N-dealkylation sites (tertiary alicyclic amines) is 1. The van der Waals surface area contributed by atoms with E-state index >= 15 is 0 Å². The van der Waals surface area contributed by atoms with Gasteiger partial charge in [0, 0.05) is 38.8 Å². The van der Waals surface area contributed by atoms with Gasteiger partial charge in [-0.05, 0) is 24.6 Å². The van der Waals surface area contributed by atoms with Crippen molar-refractivity contribution in [2.24, 2.45) is 14.1 Å². The highest BCUT2D eigenvalue weighted by Gasteiger charge is 2.33. The van der Waals surface area contributed by atoms with E-state index in [1.54, 1.807) is 4.68 Å². The van der Waals surface area contributed by atoms with E-state index in [1.807, 2.05) is 66.2 Å². The number of benzene rings is 1. The fourth-order valence-corrected chi connectivity index (χ4v) is 3.87. The van der Waals surface area contributed by atoms with Gasteiger partial charge in [-0.25, -0.2) is 0 Å². The van der Waals surface area contributed by atoms with E-state index in [2.05, 4.69) is 15.2 Å². The van der Waals surface area contributed by atoms with Crippen LogP contribution in [0.3, 0.4) is 0 Å². The lowest BCUT2D eigenvalue weighted by molar-refractivity contribution is 0.0785. The van der Waals surface area contributed by atoms with Crippen molar-refractivity contribution in [3.63, 3.8) is 0 Å². The van der Waals surface area contributed by atoms with Crippen molar-refractivity contribution in [2.75, 3.05) is 13.1 Å². The van der Waals surface area contributed by atoms with Crippen LogP contribution in [-0.2, 0) is 14.1 Å². The number of hydrogen-bond acceptors (Lipinski definition) is 5. The number of hydrogen-bond donors (Lipinski definition) is 0. The Balaban J connectivity index is 1.37. The minimum atomic E-state index is -0.0542. The van der Waals surface area contributed by atoms with E-state index in [4.69, 9.17) is 4.52 Å². The van der Waals surface area contributed by atoms with E-state index < -0.39 is 0 Å². The van der Waals surface area contributed by atoms with Crippen molar-refractivity contribution >= 4 is 16.8 Å². The Morgan fingerprint density at radius 3 is 2.86 bits per heavy atom. The summed E-state index contributed by atoms with van der Waals surface area (Å²) in [6, 6.07) is 11.7. The van der Waals surface area contributed by atoms with E-state index in [-0.39, 0.29) is 11.8 Å². The lowest BCUT2D eigenvalue weighted by atomic mass is 10.1. The number of fused-ring (bicyclic) bond motifs is 1. The van der Waals surface area contributed by atoms with Gasteiger partial charge in [0.15, 0.2) is 5.69 Å². The molecular weight excluding hydrogens is 356 g/mol. The lowest BCUT2D eigenvalue weighted by Gasteiger charge is -2.14. The van der Waals surface area contributed by atoms with Crippen LogP contribution in [0, 0.1) is 0 Å². The quantitative estimate of drug-likeness (QED) is 0.549. The van der Waals surface area contributed by atoms with Gasteiger partial charge in [0.05, 0.1) is 17.1 Å². The summed E-state index contributed by atoms with van der Waals surface area (Å²) in [6.45, 7) is 1.20. The molecule has 28 heavy (non-hydrogen) atoms. The molecule has 0 saturated carbocycles. The first-order valence-electron chi connectivity index (χ1n) is 9.28. The maximum absolute atomic E-state index is 13.1. The van der Waals surface area contributed by atoms with E-state index in [9.17, 15) is 4.79 Å². The molecule has 1 aliphatic rings. The summed E-state index contributed by atoms with van der Waals surface area (Å²) in [6.07, 6.45) is 2.74. The second-order valence-electron chi connectivity index (χ2n) is 7.19. The molecule has 8 nitrogen and oxygen atoms in total. The SMILES string of the molecule is Cn1cccc1-c1noc(C2CCN(C(=O)c3nn(C)c4ccccc34)C2)n1. The van der Waals surface area contributed by atoms with Crippen LogP contribution in [0.1, 0.15) is 28.7 Å². The summed E-state index contributed by atoms with van der Waals surface area (Å²) in [5.74, 6) is 1.14. The smallest absolute Gasteiger partial charge is 0.275 e. The van der Waals surface area contributed by atoms with Gasteiger partial charge in [-0.15, -0.1) is 0 Å². The van der Waals surface area contributed by atoms with Gasteiger partial charge < -0.3 is 14.0 Å². The molecule has 1 aliphatic heterocycles. The summed E-state index contributed by atoms with van der Waals surface area (Å²) in [5, 5.41) is 9.44. The van der Waals surface area contributed by atoms with E-state index in [1.165, 1.54) is 0 Å². The first-order valence-corrected chi connectivity index (χ1v) is 9.28. The molecule has 4 aromatic rings. The molecule has 0 spiro atoms. The predicted octanol–water partition coefficient (Wildman–Crippen LogP) is 2.59. The summed E-state index contributed by atoms with van der Waals surface area (Å²) >= 11 is 0. The van der Waals surface area contributed by atoms with Crippen LogP contribution in [0.15, 0.2) is 47.1 Å². The molecule has 3 aromatic heterocycles. The molecule has 1 amide bonds. The Morgan fingerprint density at radius 2 is 2.04 bits per heavy atom. The number of carbonyl (C=O) groups excluding carboxylic acids is 1. The van der Waals surface area contributed by atoms with E-state index in [0.29, 0.717) is 30.5 Å². The number of aryl methyl sites for hydroxylation is 2. The van der Waals surface area contributed by atoms with Crippen molar-refractivity contribution in [3.05, 3.63) is 54.2 Å². The zero-order chi connectivity index (χ0) is 19.3. The topological polar surface area (TPSA) is 82.0 Å². The first-order chi connectivity index (χ1) is 13.6. The molecule has 0 aliphatic carbocycles. The standard InChI is InChI=1S/C20H20N6O2/c1-24-10-5-8-16(24)18-21-19(28-23-18)13-9-11-26(12-13)20(27)17-14-6-3-4-7-15(14)25(2)22-17/h3-8,10,13H,9,11-12H2,1-2H3. The summed E-state index contributed by atoms with van der Waals surface area (Å²) in [4.78, 5) is 19.5. The highest BCUT2D eigenvalue weighted by molar-refractivity contribution is 6.04.